The summed E-state index contributed by atoms with van der Waals surface area (Å²) in [6.45, 7) is 10.8. The fourth-order valence-corrected chi connectivity index (χ4v) is 2.96. The van der Waals surface area contributed by atoms with Crippen LogP contribution in [0.15, 0.2) is 43.0 Å². The third kappa shape index (κ3) is 6.20. The summed E-state index contributed by atoms with van der Waals surface area (Å²) >= 11 is 5.65. The number of allylic oxidation sites excluding steroid dienone is 2. The Morgan fingerprint density at radius 3 is 2.39 bits per heavy atom. The maximum Gasteiger partial charge on any atom is 0.417 e. The summed E-state index contributed by atoms with van der Waals surface area (Å²) in [6, 6.07) is 6.80. The zero-order chi connectivity index (χ0) is 23.6. The maximum atomic E-state index is 15.0. The van der Waals surface area contributed by atoms with Gasteiger partial charge in [0.25, 0.3) is 0 Å². The number of hydrogen-bond donors (Lipinski definition) is 1. The van der Waals surface area contributed by atoms with Crippen molar-refractivity contribution < 1.29 is 22.4 Å². The van der Waals surface area contributed by atoms with Gasteiger partial charge in [0.15, 0.2) is 0 Å². The number of nitrogens with one attached hydrogen (secondary N) is 1. The van der Waals surface area contributed by atoms with Crippen LogP contribution in [0.3, 0.4) is 0 Å². The highest BCUT2D eigenvalue weighted by Crippen LogP contribution is 2.36. The summed E-state index contributed by atoms with van der Waals surface area (Å²) in [5, 5.41) is 2.30. The van der Waals surface area contributed by atoms with E-state index in [1.54, 1.807) is 39.8 Å². The standard InChI is InChI=1S/C24H24ClF4NO/c1-14(16-9-11-20(25)19(12-16)24(27,28)29)7-10-18-15(2)6-8-17(21(18)26)13-30-22(31)23(3,4)5/h6-12H,1,13H2,2-5H3,(H,30,31)/b10-7+. The molecule has 0 saturated carbocycles. The Kier molecular flexibility index (Phi) is 7.37. The first kappa shape index (κ1) is 24.7. The van der Waals surface area contributed by atoms with E-state index < -0.39 is 28.0 Å². The molecule has 0 heterocycles. The van der Waals surface area contributed by atoms with Crippen molar-refractivity contribution >= 4 is 29.2 Å². The molecule has 2 aromatic carbocycles. The number of carbonyl (C=O) groups is 1. The Labute approximate surface area is 184 Å². The van der Waals surface area contributed by atoms with Crippen molar-refractivity contribution in [2.45, 2.75) is 40.4 Å². The number of rotatable bonds is 5. The Bertz CT molecular complexity index is 1030. The van der Waals surface area contributed by atoms with Crippen LogP contribution in [0, 0.1) is 18.2 Å². The lowest BCUT2D eigenvalue weighted by Gasteiger charge is -2.18. The van der Waals surface area contributed by atoms with Gasteiger partial charge < -0.3 is 5.32 Å². The van der Waals surface area contributed by atoms with Gasteiger partial charge in [0.1, 0.15) is 5.82 Å². The first-order valence-corrected chi connectivity index (χ1v) is 9.90. The van der Waals surface area contributed by atoms with Crippen molar-refractivity contribution in [3.05, 3.63) is 81.6 Å². The van der Waals surface area contributed by atoms with Gasteiger partial charge in [-0.2, -0.15) is 13.2 Å². The summed E-state index contributed by atoms with van der Waals surface area (Å²) in [6.07, 6.45) is -1.68. The third-order valence-electron chi connectivity index (χ3n) is 4.69. The van der Waals surface area contributed by atoms with Crippen LogP contribution in [0.5, 0.6) is 0 Å². The Balaban J connectivity index is 2.28. The van der Waals surface area contributed by atoms with Gasteiger partial charge in [-0.05, 0) is 35.8 Å². The van der Waals surface area contributed by atoms with E-state index in [1.165, 1.54) is 18.2 Å². The molecule has 0 aliphatic heterocycles. The van der Waals surface area contributed by atoms with Crippen molar-refractivity contribution in [2.24, 2.45) is 5.41 Å². The fourth-order valence-electron chi connectivity index (χ4n) is 2.74. The minimum Gasteiger partial charge on any atom is -0.351 e. The van der Waals surface area contributed by atoms with E-state index in [0.717, 1.165) is 12.1 Å². The molecular formula is C24H24ClF4NO. The van der Waals surface area contributed by atoms with Gasteiger partial charge in [-0.25, -0.2) is 4.39 Å². The largest absolute Gasteiger partial charge is 0.417 e. The van der Waals surface area contributed by atoms with E-state index in [1.807, 2.05) is 0 Å². The van der Waals surface area contributed by atoms with Gasteiger partial charge in [0.05, 0.1) is 10.6 Å². The van der Waals surface area contributed by atoms with Crippen LogP contribution in [0.1, 0.15) is 48.6 Å². The molecule has 166 valence electrons. The number of benzene rings is 2. The smallest absolute Gasteiger partial charge is 0.351 e. The highest BCUT2D eigenvalue weighted by Gasteiger charge is 2.33. The molecule has 31 heavy (non-hydrogen) atoms. The number of aryl methyl sites for hydroxylation is 1. The second kappa shape index (κ2) is 9.27. The number of halogens is 5. The van der Waals surface area contributed by atoms with E-state index in [-0.39, 0.29) is 29.2 Å². The molecule has 2 rings (SSSR count). The third-order valence-corrected chi connectivity index (χ3v) is 5.02. The van der Waals surface area contributed by atoms with Crippen molar-refractivity contribution in [2.75, 3.05) is 0 Å². The van der Waals surface area contributed by atoms with Crippen LogP contribution in [-0.2, 0) is 17.5 Å². The van der Waals surface area contributed by atoms with Gasteiger partial charge in [0.2, 0.25) is 5.91 Å². The number of amides is 1. The molecule has 1 N–H and O–H groups in total. The summed E-state index contributed by atoms with van der Waals surface area (Å²) in [4.78, 5) is 12.0. The minimum absolute atomic E-state index is 0.0239. The Hall–Kier alpha value is -2.60. The lowest BCUT2D eigenvalue weighted by Crippen LogP contribution is -2.34. The summed E-state index contributed by atoms with van der Waals surface area (Å²) in [5.41, 5.74) is 0.148. The molecule has 0 fully saturated rings. The number of hydrogen-bond acceptors (Lipinski definition) is 1. The molecule has 0 radical (unpaired) electrons. The van der Waals surface area contributed by atoms with Crippen LogP contribution in [0.2, 0.25) is 5.02 Å². The van der Waals surface area contributed by atoms with Crippen molar-refractivity contribution in [3.63, 3.8) is 0 Å². The molecule has 2 nitrogen and oxygen atoms in total. The number of alkyl halides is 3. The van der Waals surface area contributed by atoms with Gasteiger partial charge in [-0.3, -0.25) is 4.79 Å². The summed E-state index contributed by atoms with van der Waals surface area (Å²) in [5.74, 6) is -0.716. The average Bonchev–Trinajstić information content (AvgIpc) is 2.65. The first-order valence-electron chi connectivity index (χ1n) is 9.52. The second-order valence-corrected chi connectivity index (χ2v) is 8.66. The molecule has 1 amide bonds. The molecule has 0 unspecified atom stereocenters. The van der Waals surface area contributed by atoms with Gasteiger partial charge in [0, 0.05) is 23.1 Å². The molecule has 0 aromatic heterocycles. The molecule has 0 atom stereocenters. The van der Waals surface area contributed by atoms with E-state index in [0.29, 0.717) is 11.1 Å². The predicted octanol–water partition coefficient (Wildman–Crippen LogP) is 7.20. The lowest BCUT2D eigenvalue weighted by atomic mass is 9.95. The zero-order valence-electron chi connectivity index (χ0n) is 17.8. The monoisotopic (exact) mass is 453 g/mol. The summed E-state index contributed by atoms with van der Waals surface area (Å²) < 4.78 is 54.3. The topological polar surface area (TPSA) is 29.1 Å². The highest BCUT2D eigenvalue weighted by atomic mass is 35.5. The van der Waals surface area contributed by atoms with Crippen molar-refractivity contribution in [1.82, 2.24) is 5.32 Å². The van der Waals surface area contributed by atoms with Crippen LogP contribution in [0.25, 0.3) is 11.6 Å². The van der Waals surface area contributed by atoms with Crippen LogP contribution in [-0.4, -0.2) is 5.91 Å². The second-order valence-electron chi connectivity index (χ2n) is 8.25. The predicted molar refractivity (Wildman–Crippen MR) is 117 cm³/mol. The van der Waals surface area contributed by atoms with Crippen LogP contribution >= 0.6 is 11.6 Å². The highest BCUT2D eigenvalue weighted by molar-refractivity contribution is 6.31. The SMILES string of the molecule is C=C(/C=C/c1c(C)ccc(CNC(=O)C(C)(C)C)c1F)c1ccc(Cl)c(C(F)(F)F)c1. The Morgan fingerprint density at radius 2 is 1.81 bits per heavy atom. The van der Waals surface area contributed by atoms with Gasteiger partial charge in [-0.15, -0.1) is 0 Å². The molecule has 2 aromatic rings. The normalized spacial score (nSPS) is 12.3. The van der Waals surface area contributed by atoms with Crippen molar-refractivity contribution in [3.8, 4) is 0 Å². The van der Waals surface area contributed by atoms with E-state index in [9.17, 15) is 18.0 Å². The molecule has 0 saturated heterocycles. The quantitative estimate of drug-likeness (QED) is 0.376. The van der Waals surface area contributed by atoms with Crippen LogP contribution in [0.4, 0.5) is 17.6 Å². The molecule has 0 bridgehead atoms. The van der Waals surface area contributed by atoms with Crippen LogP contribution < -0.4 is 5.32 Å². The average molecular weight is 454 g/mol. The number of carbonyl (C=O) groups excluding carboxylic acids is 1. The molecule has 7 heteroatoms. The van der Waals surface area contributed by atoms with E-state index in [4.69, 9.17) is 11.6 Å². The Morgan fingerprint density at radius 1 is 1.16 bits per heavy atom. The molecule has 0 spiro atoms. The molecular weight excluding hydrogens is 430 g/mol. The minimum atomic E-state index is -4.59. The van der Waals surface area contributed by atoms with E-state index in [2.05, 4.69) is 11.9 Å². The first-order chi connectivity index (χ1) is 14.2. The van der Waals surface area contributed by atoms with Crippen molar-refractivity contribution in [1.29, 1.82) is 0 Å². The van der Waals surface area contributed by atoms with E-state index >= 15 is 4.39 Å². The summed E-state index contributed by atoms with van der Waals surface area (Å²) in [7, 11) is 0. The molecule has 0 aliphatic carbocycles. The van der Waals surface area contributed by atoms with Gasteiger partial charge in [-0.1, -0.05) is 69.3 Å². The lowest BCUT2D eigenvalue weighted by molar-refractivity contribution is -0.137. The maximum absolute atomic E-state index is 15.0. The van der Waals surface area contributed by atoms with Gasteiger partial charge >= 0.3 is 6.18 Å². The fraction of sp³-hybridized carbons (Fsp3) is 0.292. The molecule has 0 aliphatic rings. The zero-order valence-corrected chi connectivity index (χ0v) is 18.5.